The summed E-state index contributed by atoms with van der Waals surface area (Å²) >= 11 is 0. The van der Waals surface area contributed by atoms with Crippen molar-refractivity contribution in [2.45, 2.75) is 50.5 Å². The maximum absolute atomic E-state index is 6.17. The molecule has 17 heavy (non-hydrogen) atoms. The molecule has 2 rings (SSSR count). The number of rotatable bonds is 2. The Morgan fingerprint density at radius 2 is 1.59 bits per heavy atom. The normalized spacial score (nSPS) is 34.2. The van der Waals surface area contributed by atoms with Crippen molar-refractivity contribution in [3.05, 3.63) is 0 Å². The van der Waals surface area contributed by atoms with Gasteiger partial charge in [-0.3, -0.25) is 4.90 Å². The van der Waals surface area contributed by atoms with Gasteiger partial charge in [-0.25, -0.2) is 0 Å². The van der Waals surface area contributed by atoms with Crippen molar-refractivity contribution in [2.75, 3.05) is 39.8 Å². The molecule has 2 saturated heterocycles. The lowest BCUT2D eigenvalue weighted by atomic mass is 9.88. The molecule has 0 saturated carbocycles. The van der Waals surface area contributed by atoms with Crippen LogP contribution in [0.2, 0.25) is 0 Å². The zero-order chi connectivity index (χ0) is 12.1. The summed E-state index contributed by atoms with van der Waals surface area (Å²) in [4.78, 5) is 5.20. The summed E-state index contributed by atoms with van der Waals surface area (Å²) in [7, 11) is 2.25. The van der Waals surface area contributed by atoms with Gasteiger partial charge in [0.15, 0.2) is 0 Å². The second-order valence-corrected chi connectivity index (χ2v) is 5.99. The van der Waals surface area contributed by atoms with E-state index < -0.39 is 0 Å². The molecule has 2 N–H and O–H groups in total. The summed E-state index contributed by atoms with van der Waals surface area (Å²) in [6.07, 6.45) is 9.45. The molecule has 2 aliphatic rings. The smallest absolute Gasteiger partial charge is 0.0344 e. The van der Waals surface area contributed by atoms with Gasteiger partial charge in [0, 0.05) is 12.1 Å². The van der Waals surface area contributed by atoms with Crippen LogP contribution in [0.15, 0.2) is 0 Å². The fourth-order valence-corrected chi connectivity index (χ4v) is 3.51. The van der Waals surface area contributed by atoms with Crippen LogP contribution in [0.5, 0.6) is 0 Å². The molecule has 0 amide bonds. The number of hydrogen-bond acceptors (Lipinski definition) is 3. The van der Waals surface area contributed by atoms with E-state index in [4.69, 9.17) is 5.73 Å². The highest BCUT2D eigenvalue weighted by Crippen LogP contribution is 2.30. The first-order valence-corrected chi connectivity index (χ1v) is 7.40. The van der Waals surface area contributed by atoms with Gasteiger partial charge >= 0.3 is 0 Å². The topological polar surface area (TPSA) is 32.5 Å². The summed E-state index contributed by atoms with van der Waals surface area (Å²) in [5.41, 5.74) is 6.49. The van der Waals surface area contributed by atoms with Gasteiger partial charge in [0.2, 0.25) is 0 Å². The van der Waals surface area contributed by atoms with Crippen LogP contribution in [0.4, 0.5) is 0 Å². The molecule has 3 heteroatoms. The van der Waals surface area contributed by atoms with Crippen LogP contribution in [0.25, 0.3) is 0 Å². The van der Waals surface area contributed by atoms with Gasteiger partial charge in [-0.2, -0.15) is 0 Å². The van der Waals surface area contributed by atoms with Gasteiger partial charge in [-0.05, 0) is 65.3 Å². The lowest BCUT2D eigenvalue weighted by molar-refractivity contribution is 0.0823. The molecule has 0 aromatic rings. The van der Waals surface area contributed by atoms with E-state index in [1.807, 2.05) is 0 Å². The molecule has 2 heterocycles. The predicted molar refractivity (Wildman–Crippen MR) is 73.2 cm³/mol. The van der Waals surface area contributed by atoms with Crippen LogP contribution in [0, 0.1) is 0 Å². The van der Waals surface area contributed by atoms with Crippen molar-refractivity contribution >= 4 is 0 Å². The SMILES string of the molecule is CN1CCCC(CN)(N2CCCCCC2)CC1. The van der Waals surface area contributed by atoms with E-state index in [9.17, 15) is 0 Å². The van der Waals surface area contributed by atoms with E-state index in [2.05, 4.69) is 16.8 Å². The molecule has 0 aromatic heterocycles. The second kappa shape index (κ2) is 6.17. The molecule has 0 aliphatic carbocycles. The third-order valence-corrected chi connectivity index (χ3v) is 4.80. The Morgan fingerprint density at radius 3 is 2.24 bits per heavy atom. The van der Waals surface area contributed by atoms with Crippen molar-refractivity contribution in [2.24, 2.45) is 5.73 Å². The predicted octanol–water partition coefficient (Wildman–Crippen LogP) is 1.68. The lowest BCUT2D eigenvalue weighted by Crippen LogP contribution is -2.54. The van der Waals surface area contributed by atoms with Crippen LogP contribution in [-0.4, -0.2) is 55.1 Å². The summed E-state index contributed by atoms with van der Waals surface area (Å²) < 4.78 is 0. The number of likely N-dealkylation sites (tertiary alicyclic amines) is 2. The molecule has 2 fully saturated rings. The third kappa shape index (κ3) is 3.21. The highest BCUT2D eigenvalue weighted by molar-refractivity contribution is 4.94. The molecular weight excluding hydrogens is 210 g/mol. The fourth-order valence-electron chi connectivity index (χ4n) is 3.51. The van der Waals surface area contributed by atoms with Crippen LogP contribution in [0.1, 0.15) is 44.9 Å². The average molecular weight is 239 g/mol. The molecule has 1 atom stereocenters. The van der Waals surface area contributed by atoms with Crippen molar-refractivity contribution in [1.29, 1.82) is 0 Å². The van der Waals surface area contributed by atoms with Gasteiger partial charge in [0.1, 0.15) is 0 Å². The molecule has 0 radical (unpaired) electrons. The van der Waals surface area contributed by atoms with Crippen LogP contribution < -0.4 is 5.73 Å². The van der Waals surface area contributed by atoms with E-state index in [0.29, 0.717) is 5.54 Å². The van der Waals surface area contributed by atoms with Crippen molar-refractivity contribution < 1.29 is 0 Å². The second-order valence-electron chi connectivity index (χ2n) is 5.99. The largest absolute Gasteiger partial charge is 0.329 e. The van der Waals surface area contributed by atoms with E-state index >= 15 is 0 Å². The fraction of sp³-hybridized carbons (Fsp3) is 1.00. The maximum atomic E-state index is 6.17. The quantitative estimate of drug-likeness (QED) is 0.796. The van der Waals surface area contributed by atoms with Crippen LogP contribution in [-0.2, 0) is 0 Å². The van der Waals surface area contributed by atoms with Gasteiger partial charge in [-0.15, -0.1) is 0 Å². The minimum absolute atomic E-state index is 0.315. The van der Waals surface area contributed by atoms with E-state index in [-0.39, 0.29) is 0 Å². The Labute approximate surface area is 106 Å². The highest BCUT2D eigenvalue weighted by Gasteiger charge is 2.36. The number of hydrogen-bond donors (Lipinski definition) is 1. The Hall–Kier alpha value is -0.120. The maximum Gasteiger partial charge on any atom is 0.0344 e. The molecule has 1 unspecified atom stereocenters. The van der Waals surface area contributed by atoms with Gasteiger partial charge in [0.05, 0.1) is 0 Å². The minimum Gasteiger partial charge on any atom is -0.329 e. The molecule has 0 spiro atoms. The molecule has 2 aliphatic heterocycles. The Morgan fingerprint density at radius 1 is 0.882 bits per heavy atom. The van der Waals surface area contributed by atoms with Crippen LogP contribution >= 0.6 is 0 Å². The first-order valence-electron chi connectivity index (χ1n) is 7.40. The summed E-state index contributed by atoms with van der Waals surface area (Å²) in [6, 6.07) is 0. The Balaban J connectivity index is 2.05. The monoisotopic (exact) mass is 239 g/mol. The zero-order valence-electron chi connectivity index (χ0n) is 11.5. The van der Waals surface area contributed by atoms with Gasteiger partial charge in [-0.1, -0.05) is 12.8 Å². The Kier molecular flexibility index (Phi) is 4.83. The first kappa shape index (κ1) is 13.3. The first-order chi connectivity index (χ1) is 8.27. The van der Waals surface area contributed by atoms with Crippen molar-refractivity contribution in [1.82, 2.24) is 9.80 Å². The molecule has 0 aromatic carbocycles. The Bertz CT molecular complexity index is 224. The van der Waals surface area contributed by atoms with Gasteiger partial charge < -0.3 is 10.6 Å². The standard InChI is InChI=1S/C14H29N3/c1-16-9-6-7-14(13-15,8-12-16)17-10-4-2-3-5-11-17/h2-13,15H2,1H3. The van der Waals surface area contributed by atoms with E-state index in [1.165, 1.54) is 71.1 Å². The number of nitrogens with zero attached hydrogens (tertiary/aromatic N) is 2. The van der Waals surface area contributed by atoms with Crippen molar-refractivity contribution in [3.8, 4) is 0 Å². The summed E-state index contributed by atoms with van der Waals surface area (Å²) in [5.74, 6) is 0. The third-order valence-electron chi connectivity index (χ3n) is 4.80. The molecule has 0 bridgehead atoms. The molecule has 100 valence electrons. The average Bonchev–Trinajstić information content (AvgIpc) is 2.70. The van der Waals surface area contributed by atoms with E-state index in [1.54, 1.807) is 0 Å². The molecule has 3 nitrogen and oxygen atoms in total. The van der Waals surface area contributed by atoms with Crippen LogP contribution in [0.3, 0.4) is 0 Å². The lowest BCUT2D eigenvalue weighted by Gasteiger charge is -2.43. The highest BCUT2D eigenvalue weighted by atomic mass is 15.2. The summed E-state index contributed by atoms with van der Waals surface area (Å²) in [5, 5.41) is 0. The zero-order valence-corrected chi connectivity index (χ0v) is 11.5. The van der Waals surface area contributed by atoms with Crippen molar-refractivity contribution in [3.63, 3.8) is 0 Å². The molecular formula is C14H29N3. The van der Waals surface area contributed by atoms with Gasteiger partial charge in [0.25, 0.3) is 0 Å². The number of nitrogens with two attached hydrogens (primary N) is 1. The summed E-state index contributed by atoms with van der Waals surface area (Å²) in [6.45, 7) is 5.87. The van der Waals surface area contributed by atoms with E-state index in [0.717, 1.165) is 6.54 Å². The minimum atomic E-state index is 0.315.